The average molecular weight is 410 g/mol. The zero-order valence-corrected chi connectivity index (χ0v) is 17.4. The van der Waals surface area contributed by atoms with Gasteiger partial charge in [0.2, 0.25) is 5.88 Å². The van der Waals surface area contributed by atoms with Gasteiger partial charge in [-0.25, -0.2) is 19.3 Å². The predicted molar refractivity (Wildman–Crippen MR) is 107 cm³/mol. The lowest BCUT2D eigenvalue weighted by Gasteiger charge is -2.28. The molecular formula is C21H22N4O5. The summed E-state index contributed by atoms with van der Waals surface area (Å²) in [6, 6.07) is 5.50. The van der Waals surface area contributed by atoms with Crippen molar-refractivity contribution in [2.24, 2.45) is 0 Å². The third-order valence-corrected chi connectivity index (χ3v) is 4.94. The highest BCUT2D eigenvalue weighted by Gasteiger charge is 2.38. The van der Waals surface area contributed by atoms with Crippen LogP contribution >= 0.6 is 0 Å². The number of ether oxygens (including phenoxy) is 4. The molecule has 4 rings (SSSR count). The molecule has 9 nitrogen and oxygen atoms in total. The lowest BCUT2D eigenvalue weighted by atomic mass is 9.83. The first-order valence-electron chi connectivity index (χ1n) is 9.48. The van der Waals surface area contributed by atoms with Gasteiger partial charge in [0.25, 0.3) is 0 Å². The number of aryl methyl sites for hydroxylation is 1. The van der Waals surface area contributed by atoms with Crippen LogP contribution in [0.3, 0.4) is 0 Å². The lowest BCUT2D eigenvalue weighted by Crippen LogP contribution is -2.24. The van der Waals surface area contributed by atoms with Gasteiger partial charge < -0.3 is 18.9 Å². The van der Waals surface area contributed by atoms with E-state index < -0.39 is 11.9 Å². The number of rotatable bonds is 5. The van der Waals surface area contributed by atoms with E-state index >= 15 is 0 Å². The number of nitrogens with zero attached hydrogens (tertiary/aromatic N) is 4. The molecule has 0 amide bonds. The number of fused-ring (bicyclic) bond motifs is 3. The lowest BCUT2D eigenvalue weighted by molar-refractivity contribution is -0.139. The molecule has 1 aromatic carbocycles. The SMILES string of the molecule is CCOC(=O)C1=C(C)Oc2ncn3nc(C)nc3c2[C@H]1c1ccc(OC)c(OC)c1. The van der Waals surface area contributed by atoms with Crippen LogP contribution in [0.15, 0.2) is 35.9 Å². The Morgan fingerprint density at radius 1 is 1.20 bits per heavy atom. The maximum absolute atomic E-state index is 12.9. The number of carbonyl (C=O) groups excluding carboxylic acids is 1. The minimum absolute atomic E-state index is 0.244. The second-order valence-corrected chi connectivity index (χ2v) is 6.73. The summed E-state index contributed by atoms with van der Waals surface area (Å²) in [6.45, 7) is 5.53. The molecule has 0 aliphatic carbocycles. The van der Waals surface area contributed by atoms with Crippen molar-refractivity contribution < 1.29 is 23.7 Å². The Morgan fingerprint density at radius 3 is 2.67 bits per heavy atom. The largest absolute Gasteiger partial charge is 0.493 e. The second-order valence-electron chi connectivity index (χ2n) is 6.73. The molecule has 0 bridgehead atoms. The normalized spacial score (nSPS) is 15.6. The Bertz CT molecular complexity index is 1170. The van der Waals surface area contributed by atoms with E-state index in [1.165, 1.54) is 0 Å². The van der Waals surface area contributed by atoms with E-state index in [1.54, 1.807) is 51.9 Å². The Labute approximate surface area is 173 Å². The predicted octanol–water partition coefficient (Wildman–Crippen LogP) is 2.81. The van der Waals surface area contributed by atoms with Crippen LogP contribution in [0.5, 0.6) is 17.4 Å². The summed E-state index contributed by atoms with van der Waals surface area (Å²) < 4.78 is 23.7. The highest BCUT2D eigenvalue weighted by atomic mass is 16.5. The van der Waals surface area contributed by atoms with Crippen LogP contribution in [0.2, 0.25) is 0 Å². The molecule has 0 N–H and O–H groups in total. The molecule has 30 heavy (non-hydrogen) atoms. The number of esters is 1. The summed E-state index contributed by atoms with van der Waals surface area (Å²) in [4.78, 5) is 21.9. The van der Waals surface area contributed by atoms with E-state index in [0.717, 1.165) is 5.56 Å². The Morgan fingerprint density at radius 2 is 1.97 bits per heavy atom. The fourth-order valence-corrected chi connectivity index (χ4v) is 3.68. The molecule has 1 atom stereocenters. The summed E-state index contributed by atoms with van der Waals surface area (Å²) in [7, 11) is 3.14. The number of methoxy groups -OCH3 is 2. The molecule has 3 aromatic rings. The molecule has 3 heterocycles. The smallest absolute Gasteiger partial charge is 0.338 e. The van der Waals surface area contributed by atoms with Gasteiger partial charge in [-0.1, -0.05) is 6.07 Å². The zero-order valence-electron chi connectivity index (χ0n) is 17.4. The molecule has 156 valence electrons. The third kappa shape index (κ3) is 3.12. The van der Waals surface area contributed by atoms with E-state index in [2.05, 4.69) is 15.1 Å². The fraction of sp³-hybridized carbons (Fsp3) is 0.333. The summed E-state index contributed by atoms with van der Waals surface area (Å²) in [5.74, 6) is 1.52. The molecule has 0 radical (unpaired) electrons. The van der Waals surface area contributed by atoms with Crippen LogP contribution in [0.1, 0.15) is 36.7 Å². The Hall–Kier alpha value is -3.62. The molecule has 0 unspecified atom stereocenters. The molecular weight excluding hydrogens is 388 g/mol. The second kappa shape index (κ2) is 7.66. The van der Waals surface area contributed by atoms with Crippen LogP contribution in [0.4, 0.5) is 0 Å². The van der Waals surface area contributed by atoms with Crippen molar-refractivity contribution in [2.75, 3.05) is 20.8 Å². The number of carbonyl (C=O) groups is 1. The van der Waals surface area contributed by atoms with E-state index in [0.29, 0.717) is 45.7 Å². The van der Waals surface area contributed by atoms with Crippen LogP contribution in [-0.4, -0.2) is 46.4 Å². The molecule has 0 saturated carbocycles. The van der Waals surface area contributed by atoms with Crippen molar-refractivity contribution in [1.29, 1.82) is 0 Å². The van der Waals surface area contributed by atoms with E-state index in [1.807, 2.05) is 12.1 Å². The molecule has 1 aliphatic rings. The number of hydrogen-bond acceptors (Lipinski definition) is 8. The molecule has 9 heteroatoms. The number of benzene rings is 1. The van der Waals surface area contributed by atoms with Gasteiger partial charge >= 0.3 is 5.97 Å². The molecule has 0 saturated heterocycles. The van der Waals surface area contributed by atoms with Crippen LogP contribution < -0.4 is 14.2 Å². The highest BCUT2D eigenvalue weighted by Crippen LogP contribution is 2.45. The monoisotopic (exact) mass is 410 g/mol. The van der Waals surface area contributed by atoms with Gasteiger partial charge in [0, 0.05) is 0 Å². The fourth-order valence-electron chi connectivity index (χ4n) is 3.68. The van der Waals surface area contributed by atoms with Crippen molar-refractivity contribution >= 4 is 11.6 Å². The van der Waals surface area contributed by atoms with Gasteiger partial charge in [0.15, 0.2) is 17.1 Å². The first-order valence-corrected chi connectivity index (χ1v) is 9.48. The minimum Gasteiger partial charge on any atom is -0.493 e. The number of aromatic nitrogens is 4. The van der Waals surface area contributed by atoms with Crippen molar-refractivity contribution in [3.63, 3.8) is 0 Å². The third-order valence-electron chi connectivity index (χ3n) is 4.94. The molecule has 1 aliphatic heterocycles. The molecule has 2 aromatic heterocycles. The first-order chi connectivity index (χ1) is 14.5. The minimum atomic E-state index is -0.535. The van der Waals surface area contributed by atoms with Crippen molar-refractivity contribution in [3.8, 4) is 17.4 Å². The summed E-state index contributed by atoms with van der Waals surface area (Å²) in [5, 5.41) is 4.35. The zero-order chi connectivity index (χ0) is 21.4. The summed E-state index contributed by atoms with van der Waals surface area (Å²) in [5.41, 5.74) is 2.37. The van der Waals surface area contributed by atoms with E-state index in [-0.39, 0.29) is 6.61 Å². The van der Waals surface area contributed by atoms with E-state index in [9.17, 15) is 4.79 Å². The quantitative estimate of drug-likeness (QED) is 0.593. The molecule has 0 fully saturated rings. The Kier molecular flexibility index (Phi) is 5.03. The first kappa shape index (κ1) is 19.7. The Balaban J connectivity index is 2.01. The van der Waals surface area contributed by atoms with Crippen LogP contribution in [-0.2, 0) is 9.53 Å². The van der Waals surface area contributed by atoms with Crippen LogP contribution in [0.25, 0.3) is 5.65 Å². The maximum Gasteiger partial charge on any atom is 0.338 e. The van der Waals surface area contributed by atoms with Crippen molar-refractivity contribution in [1.82, 2.24) is 19.6 Å². The topological polar surface area (TPSA) is 97.1 Å². The van der Waals surface area contributed by atoms with Gasteiger partial charge in [-0.05, 0) is 38.5 Å². The maximum atomic E-state index is 12.9. The average Bonchev–Trinajstić information content (AvgIpc) is 3.12. The number of allylic oxidation sites excluding steroid dienone is 1. The summed E-state index contributed by atoms with van der Waals surface area (Å²) in [6.07, 6.45) is 1.54. The van der Waals surface area contributed by atoms with Gasteiger partial charge in [0.05, 0.1) is 37.9 Å². The van der Waals surface area contributed by atoms with Crippen LogP contribution in [0, 0.1) is 6.92 Å². The van der Waals surface area contributed by atoms with Gasteiger partial charge in [0.1, 0.15) is 17.9 Å². The van der Waals surface area contributed by atoms with Gasteiger partial charge in [-0.3, -0.25) is 0 Å². The summed E-state index contributed by atoms with van der Waals surface area (Å²) >= 11 is 0. The molecule has 0 spiro atoms. The van der Waals surface area contributed by atoms with Gasteiger partial charge in [-0.15, -0.1) is 0 Å². The standard InChI is InChI=1S/C21H22N4O5/c1-6-29-21(26)16-11(2)30-20-18(19-23-12(3)24-25(19)10-22-20)17(16)13-7-8-14(27-4)15(9-13)28-5/h7-10,17H,6H2,1-5H3/t17-/m0/s1. The van der Waals surface area contributed by atoms with Gasteiger partial charge in [-0.2, -0.15) is 5.10 Å². The van der Waals surface area contributed by atoms with Crippen molar-refractivity contribution in [2.45, 2.75) is 26.7 Å². The highest BCUT2D eigenvalue weighted by molar-refractivity contribution is 5.93. The number of hydrogen-bond donors (Lipinski definition) is 0. The van der Waals surface area contributed by atoms with Crippen molar-refractivity contribution in [3.05, 3.63) is 52.8 Å². The van der Waals surface area contributed by atoms with E-state index in [4.69, 9.17) is 18.9 Å².